The van der Waals surface area contributed by atoms with Crippen molar-refractivity contribution in [2.24, 2.45) is 0 Å². The zero-order valence-corrected chi connectivity index (χ0v) is 4.04. The smallest absolute Gasteiger partial charge is 0.0781 e. The Balaban J connectivity index is 2.09. The van der Waals surface area contributed by atoms with Gasteiger partial charge < -0.3 is 0 Å². The van der Waals surface area contributed by atoms with E-state index < -0.39 is 0 Å². The molecule has 0 N–H and O–H groups in total. The van der Waals surface area contributed by atoms with E-state index in [9.17, 15) is 0 Å². The van der Waals surface area contributed by atoms with Gasteiger partial charge >= 0.3 is 0 Å². The van der Waals surface area contributed by atoms with E-state index >= 15 is 0 Å². The first kappa shape index (κ1) is 3.12. The highest BCUT2D eigenvalue weighted by Crippen LogP contribution is 2.62. The van der Waals surface area contributed by atoms with E-state index in [1.54, 1.807) is 26.4 Å². The maximum atomic E-state index is 1.56. The molecule has 32 valence electrons. The number of hydrogen-bond acceptors (Lipinski definition) is 0. The van der Waals surface area contributed by atoms with Crippen molar-refractivity contribution in [1.29, 1.82) is 0 Å². The zero-order chi connectivity index (χ0) is 4.04. The first-order valence-corrected chi connectivity index (χ1v) is 2.91. The molecule has 2 fully saturated rings. The van der Waals surface area contributed by atoms with Gasteiger partial charge in [0.25, 0.3) is 0 Å². The average Bonchev–Trinajstić information content (AvgIpc) is 2.02. The largest absolute Gasteiger partial charge is 0.127 e. The number of rotatable bonds is 0. The summed E-state index contributed by atoms with van der Waals surface area (Å²) in [5.41, 5.74) is 0. The SMILES string of the molecule is B1CC12CCC2. The lowest BCUT2D eigenvalue weighted by molar-refractivity contribution is 0.418. The van der Waals surface area contributed by atoms with Gasteiger partial charge in [0.1, 0.15) is 7.28 Å². The van der Waals surface area contributed by atoms with Crippen LogP contribution < -0.4 is 0 Å². The molecular formula is C5H9B. The molecule has 0 aromatic heterocycles. The summed E-state index contributed by atoms with van der Waals surface area (Å²) in [5.74, 6) is 0. The summed E-state index contributed by atoms with van der Waals surface area (Å²) in [4.78, 5) is 0. The van der Waals surface area contributed by atoms with Crippen molar-refractivity contribution in [1.82, 2.24) is 0 Å². The zero-order valence-electron chi connectivity index (χ0n) is 4.04. The minimum atomic E-state index is 0.972. The molecule has 2 aliphatic rings. The Labute approximate surface area is 39.2 Å². The highest BCUT2D eigenvalue weighted by Gasteiger charge is 2.48. The lowest BCUT2D eigenvalue weighted by Crippen LogP contribution is -2.05. The Morgan fingerprint density at radius 2 is 2.00 bits per heavy atom. The minimum absolute atomic E-state index is 0.972. The summed E-state index contributed by atoms with van der Waals surface area (Å²) >= 11 is 0. The normalized spacial score (nSPS) is 34.7. The fraction of sp³-hybridized carbons (Fsp3) is 1.00. The van der Waals surface area contributed by atoms with Crippen LogP contribution in [0.4, 0.5) is 0 Å². The van der Waals surface area contributed by atoms with E-state index in [1.165, 1.54) is 6.42 Å². The van der Waals surface area contributed by atoms with Crippen LogP contribution in [0.3, 0.4) is 0 Å². The lowest BCUT2D eigenvalue weighted by atomic mass is 9.71. The van der Waals surface area contributed by atoms with E-state index in [4.69, 9.17) is 0 Å². The second-order valence-electron chi connectivity index (χ2n) is 2.85. The topological polar surface area (TPSA) is 0 Å². The van der Waals surface area contributed by atoms with E-state index in [1.807, 2.05) is 0 Å². The van der Waals surface area contributed by atoms with Crippen molar-refractivity contribution >= 4 is 7.28 Å². The van der Waals surface area contributed by atoms with E-state index in [-0.39, 0.29) is 0 Å². The third-order valence-corrected chi connectivity index (χ3v) is 2.37. The van der Waals surface area contributed by atoms with Gasteiger partial charge in [-0.1, -0.05) is 30.9 Å². The van der Waals surface area contributed by atoms with Gasteiger partial charge in [-0.2, -0.15) is 0 Å². The molecule has 0 aromatic carbocycles. The maximum Gasteiger partial charge on any atom is 0.127 e. The molecule has 0 amide bonds. The summed E-state index contributed by atoms with van der Waals surface area (Å²) in [6.45, 7) is 0. The summed E-state index contributed by atoms with van der Waals surface area (Å²) in [7, 11) is 1.56. The highest BCUT2D eigenvalue weighted by atomic mass is 14.4. The van der Waals surface area contributed by atoms with E-state index in [0.717, 1.165) is 5.31 Å². The molecule has 1 saturated heterocycles. The van der Waals surface area contributed by atoms with Crippen LogP contribution in [0.2, 0.25) is 11.6 Å². The van der Waals surface area contributed by atoms with Gasteiger partial charge in [-0.05, 0) is 0 Å². The van der Waals surface area contributed by atoms with Crippen LogP contribution in [0, 0.1) is 0 Å². The van der Waals surface area contributed by atoms with Crippen molar-refractivity contribution in [3.05, 3.63) is 0 Å². The molecule has 1 aliphatic heterocycles. The fourth-order valence-corrected chi connectivity index (χ4v) is 1.35. The van der Waals surface area contributed by atoms with Gasteiger partial charge in [-0.3, -0.25) is 0 Å². The monoisotopic (exact) mass is 80.1 g/mol. The standard InChI is InChI=1S/C5H9B/c1-2-5(3-1)4-6-5/h6H,1-4H2. The van der Waals surface area contributed by atoms with Crippen LogP contribution in [0.25, 0.3) is 0 Å². The van der Waals surface area contributed by atoms with Crippen molar-refractivity contribution in [3.63, 3.8) is 0 Å². The van der Waals surface area contributed by atoms with Gasteiger partial charge in [0, 0.05) is 0 Å². The first-order valence-electron chi connectivity index (χ1n) is 2.91. The summed E-state index contributed by atoms with van der Waals surface area (Å²) in [6, 6.07) is 0. The molecule has 1 heteroatoms. The van der Waals surface area contributed by atoms with Gasteiger partial charge in [0.15, 0.2) is 0 Å². The fourth-order valence-electron chi connectivity index (χ4n) is 1.35. The van der Waals surface area contributed by atoms with Gasteiger partial charge in [0.05, 0.1) is 0 Å². The molecule has 0 atom stereocenters. The van der Waals surface area contributed by atoms with Crippen molar-refractivity contribution < 1.29 is 0 Å². The Morgan fingerprint density at radius 3 is 2.00 bits per heavy atom. The second kappa shape index (κ2) is 0.684. The van der Waals surface area contributed by atoms with Crippen molar-refractivity contribution in [2.75, 3.05) is 0 Å². The van der Waals surface area contributed by atoms with Crippen LogP contribution in [-0.2, 0) is 0 Å². The molecule has 0 unspecified atom stereocenters. The van der Waals surface area contributed by atoms with Gasteiger partial charge in [-0.25, -0.2) is 0 Å². The van der Waals surface area contributed by atoms with Gasteiger partial charge in [0.2, 0.25) is 0 Å². The molecule has 0 aromatic rings. The van der Waals surface area contributed by atoms with Crippen LogP contribution in [0.5, 0.6) is 0 Å². The Morgan fingerprint density at radius 1 is 1.33 bits per heavy atom. The third kappa shape index (κ3) is 0.224. The van der Waals surface area contributed by atoms with Gasteiger partial charge in [-0.15, -0.1) is 0 Å². The molecule has 1 spiro atoms. The Hall–Kier alpha value is 0.0649. The number of hydrogen-bond donors (Lipinski definition) is 0. The molecule has 0 radical (unpaired) electrons. The van der Waals surface area contributed by atoms with Crippen LogP contribution in [0.15, 0.2) is 0 Å². The molecule has 2 rings (SSSR count). The molecule has 1 aliphatic carbocycles. The van der Waals surface area contributed by atoms with Crippen LogP contribution in [0.1, 0.15) is 19.3 Å². The molecule has 6 heavy (non-hydrogen) atoms. The van der Waals surface area contributed by atoms with Crippen LogP contribution >= 0.6 is 0 Å². The third-order valence-electron chi connectivity index (χ3n) is 2.37. The van der Waals surface area contributed by atoms with Crippen molar-refractivity contribution in [2.45, 2.75) is 30.9 Å². The highest BCUT2D eigenvalue weighted by molar-refractivity contribution is 6.54. The summed E-state index contributed by atoms with van der Waals surface area (Å²) < 4.78 is 0. The molecular weight excluding hydrogens is 70.9 g/mol. The molecule has 1 saturated carbocycles. The summed E-state index contributed by atoms with van der Waals surface area (Å²) in [6.07, 6.45) is 6.22. The van der Waals surface area contributed by atoms with E-state index in [2.05, 4.69) is 0 Å². The maximum absolute atomic E-state index is 1.56. The van der Waals surface area contributed by atoms with Crippen LogP contribution in [-0.4, -0.2) is 7.28 Å². The predicted molar refractivity (Wildman–Crippen MR) is 28.5 cm³/mol. The lowest BCUT2D eigenvalue weighted by Gasteiger charge is -2.24. The van der Waals surface area contributed by atoms with E-state index in [0.29, 0.717) is 0 Å². The minimum Gasteiger partial charge on any atom is -0.0781 e. The summed E-state index contributed by atoms with van der Waals surface area (Å²) in [5, 5.41) is 0.972. The second-order valence-corrected chi connectivity index (χ2v) is 2.85. The average molecular weight is 79.9 g/mol. The predicted octanol–water partition coefficient (Wildman–Crippen LogP) is 1.20. The molecule has 1 heterocycles. The first-order chi connectivity index (χ1) is 2.91. The quantitative estimate of drug-likeness (QED) is 0.383. The molecule has 0 bridgehead atoms. The molecule has 0 nitrogen and oxygen atoms in total. The Bertz CT molecular complexity index is 68.0. The Kier molecular flexibility index (Phi) is 0.355. The van der Waals surface area contributed by atoms with Crippen molar-refractivity contribution in [3.8, 4) is 0 Å².